The Morgan fingerprint density at radius 3 is 2.76 bits per heavy atom. The van der Waals surface area contributed by atoms with Gasteiger partial charge in [-0.05, 0) is 44.7 Å². The van der Waals surface area contributed by atoms with Crippen molar-refractivity contribution in [2.24, 2.45) is 11.7 Å². The van der Waals surface area contributed by atoms with E-state index in [2.05, 4.69) is 5.32 Å². The van der Waals surface area contributed by atoms with Gasteiger partial charge < -0.3 is 15.5 Å². The van der Waals surface area contributed by atoms with Crippen LogP contribution in [0.15, 0.2) is 22.8 Å². The fourth-order valence-corrected chi connectivity index (χ4v) is 2.32. The lowest BCUT2D eigenvalue weighted by Crippen LogP contribution is -2.37. The summed E-state index contributed by atoms with van der Waals surface area (Å²) in [5, 5.41) is 2.99. The van der Waals surface area contributed by atoms with Gasteiger partial charge in [-0.25, -0.2) is 0 Å². The van der Waals surface area contributed by atoms with Gasteiger partial charge in [0.25, 0.3) is 0 Å². The molecular formula is C13H20N2O2. The zero-order chi connectivity index (χ0) is 12.3. The third-order valence-corrected chi connectivity index (χ3v) is 3.47. The van der Waals surface area contributed by atoms with Gasteiger partial charge in [0.05, 0.1) is 12.3 Å². The molecule has 17 heavy (non-hydrogen) atoms. The normalized spacial score (nSPS) is 26.5. The number of nitrogens with two attached hydrogens (primary N) is 1. The minimum absolute atomic E-state index is 0.0619. The molecule has 4 nitrogen and oxygen atoms in total. The number of carbonyl (C=O) groups excluding carboxylic acids is 1. The van der Waals surface area contributed by atoms with Crippen molar-refractivity contribution in [2.45, 2.75) is 44.7 Å². The topological polar surface area (TPSA) is 68.3 Å². The third kappa shape index (κ3) is 3.09. The van der Waals surface area contributed by atoms with Crippen LogP contribution in [0.1, 0.15) is 44.4 Å². The summed E-state index contributed by atoms with van der Waals surface area (Å²) in [5.41, 5.74) is 5.83. The van der Waals surface area contributed by atoms with Crippen LogP contribution in [0, 0.1) is 5.92 Å². The predicted molar refractivity (Wildman–Crippen MR) is 65.2 cm³/mol. The molecule has 1 aromatic heterocycles. The number of amides is 1. The minimum atomic E-state index is -0.0619. The Kier molecular flexibility index (Phi) is 3.84. The first-order valence-corrected chi connectivity index (χ1v) is 6.26. The molecule has 0 spiro atoms. The highest BCUT2D eigenvalue weighted by molar-refractivity contribution is 5.79. The van der Waals surface area contributed by atoms with Crippen molar-refractivity contribution in [3.63, 3.8) is 0 Å². The Labute approximate surface area is 102 Å². The van der Waals surface area contributed by atoms with Gasteiger partial charge in [-0.15, -0.1) is 0 Å². The molecule has 1 aliphatic rings. The Bertz CT molecular complexity index is 354. The van der Waals surface area contributed by atoms with Gasteiger partial charge in [0.1, 0.15) is 5.76 Å². The molecule has 1 saturated carbocycles. The van der Waals surface area contributed by atoms with Crippen LogP contribution in [-0.4, -0.2) is 11.9 Å². The molecule has 0 radical (unpaired) electrons. The molecule has 0 aromatic carbocycles. The standard InChI is InChI=1S/C13H20N2O2/c1-9(12-3-2-8-17-12)15-13(16)10-4-6-11(14)7-5-10/h2-3,8-11H,4-7,14H2,1H3,(H,15,16). The van der Waals surface area contributed by atoms with E-state index in [-0.39, 0.29) is 23.9 Å². The van der Waals surface area contributed by atoms with Crippen molar-refractivity contribution >= 4 is 5.91 Å². The zero-order valence-corrected chi connectivity index (χ0v) is 10.2. The average Bonchev–Trinajstić information content (AvgIpc) is 2.83. The zero-order valence-electron chi connectivity index (χ0n) is 10.2. The molecule has 1 heterocycles. The van der Waals surface area contributed by atoms with E-state index < -0.39 is 0 Å². The fourth-order valence-electron chi connectivity index (χ4n) is 2.32. The number of furan rings is 1. The van der Waals surface area contributed by atoms with E-state index >= 15 is 0 Å². The van der Waals surface area contributed by atoms with Crippen LogP contribution in [0.4, 0.5) is 0 Å². The molecule has 3 N–H and O–H groups in total. The monoisotopic (exact) mass is 236 g/mol. The van der Waals surface area contributed by atoms with Gasteiger partial charge in [0.2, 0.25) is 5.91 Å². The number of hydrogen-bond donors (Lipinski definition) is 2. The molecule has 1 aromatic rings. The van der Waals surface area contributed by atoms with Crippen molar-refractivity contribution in [1.82, 2.24) is 5.32 Å². The first kappa shape index (κ1) is 12.2. The summed E-state index contributed by atoms with van der Waals surface area (Å²) in [6.45, 7) is 1.94. The van der Waals surface area contributed by atoms with Crippen molar-refractivity contribution in [2.75, 3.05) is 0 Å². The quantitative estimate of drug-likeness (QED) is 0.843. The van der Waals surface area contributed by atoms with E-state index in [9.17, 15) is 4.79 Å². The molecule has 1 aliphatic carbocycles. The average molecular weight is 236 g/mol. The van der Waals surface area contributed by atoms with Crippen LogP contribution in [0.5, 0.6) is 0 Å². The van der Waals surface area contributed by atoms with Gasteiger partial charge in [0, 0.05) is 12.0 Å². The summed E-state index contributed by atoms with van der Waals surface area (Å²) in [5.74, 6) is 1.04. The molecule has 1 atom stereocenters. The van der Waals surface area contributed by atoms with E-state index in [0.29, 0.717) is 0 Å². The molecule has 1 unspecified atom stereocenters. The molecule has 1 amide bonds. The molecule has 1 fully saturated rings. The third-order valence-electron chi connectivity index (χ3n) is 3.47. The largest absolute Gasteiger partial charge is 0.467 e. The van der Waals surface area contributed by atoms with Crippen LogP contribution >= 0.6 is 0 Å². The summed E-state index contributed by atoms with van der Waals surface area (Å²) in [6.07, 6.45) is 5.33. The van der Waals surface area contributed by atoms with Gasteiger partial charge in [-0.2, -0.15) is 0 Å². The van der Waals surface area contributed by atoms with Gasteiger partial charge in [-0.1, -0.05) is 0 Å². The Morgan fingerprint density at radius 2 is 2.18 bits per heavy atom. The van der Waals surface area contributed by atoms with E-state index in [1.807, 2.05) is 19.1 Å². The second kappa shape index (κ2) is 5.36. The maximum absolute atomic E-state index is 12.0. The first-order chi connectivity index (χ1) is 8.16. The number of rotatable bonds is 3. The molecule has 4 heteroatoms. The SMILES string of the molecule is CC(NC(=O)C1CCC(N)CC1)c1ccco1. The molecular weight excluding hydrogens is 216 g/mol. The van der Waals surface area contributed by atoms with Crippen LogP contribution in [-0.2, 0) is 4.79 Å². The van der Waals surface area contributed by atoms with E-state index in [0.717, 1.165) is 31.4 Å². The maximum Gasteiger partial charge on any atom is 0.223 e. The summed E-state index contributed by atoms with van der Waals surface area (Å²) in [7, 11) is 0. The first-order valence-electron chi connectivity index (χ1n) is 6.26. The summed E-state index contributed by atoms with van der Waals surface area (Å²) in [4.78, 5) is 12.0. The van der Waals surface area contributed by atoms with Crippen LogP contribution in [0.25, 0.3) is 0 Å². The number of hydrogen-bond acceptors (Lipinski definition) is 3. The second-order valence-corrected chi connectivity index (χ2v) is 4.86. The molecule has 94 valence electrons. The van der Waals surface area contributed by atoms with Gasteiger partial charge >= 0.3 is 0 Å². The fraction of sp³-hybridized carbons (Fsp3) is 0.615. The molecule has 0 aliphatic heterocycles. The van der Waals surface area contributed by atoms with Gasteiger partial charge in [0.15, 0.2) is 0 Å². The highest BCUT2D eigenvalue weighted by Gasteiger charge is 2.25. The highest BCUT2D eigenvalue weighted by atomic mass is 16.3. The Balaban J connectivity index is 1.85. The number of nitrogens with one attached hydrogen (secondary N) is 1. The van der Waals surface area contributed by atoms with Gasteiger partial charge in [-0.3, -0.25) is 4.79 Å². The molecule has 0 bridgehead atoms. The Hall–Kier alpha value is -1.29. The maximum atomic E-state index is 12.0. The van der Waals surface area contributed by atoms with Crippen molar-refractivity contribution in [1.29, 1.82) is 0 Å². The molecule has 0 saturated heterocycles. The van der Waals surface area contributed by atoms with Crippen molar-refractivity contribution in [3.05, 3.63) is 24.2 Å². The highest BCUT2D eigenvalue weighted by Crippen LogP contribution is 2.24. The lowest BCUT2D eigenvalue weighted by Gasteiger charge is -2.26. The van der Waals surface area contributed by atoms with Crippen LogP contribution in [0.2, 0.25) is 0 Å². The van der Waals surface area contributed by atoms with E-state index in [1.54, 1.807) is 6.26 Å². The predicted octanol–water partition coefficient (Wildman–Crippen LogP) is 1.97. The smallest absolute Gasteiger partial charge is 0.223 e. The summed E-state index contributed by atoms with van der Waals surface area (Å²) < 4.78 is 5.27. The number of carbonyl (C=O) groups is 1. The van der Waals surface area contributed by atoms with E-state index in [4.69, 9.17) is 10.2 Å². The minimum Gasteiger partial charge on any atom is -0.467 e. The summed E-state index contributed by atoms with van der Waals surface area (Å²) in [6, 6.07) is 3.92. The lowest BCUT2D eigenvalue weighted by atomic mass is 9.86. The van der Waals surface area contributed by atoms with Crippen LogP contribution in [0.3, 0.4) is 0 Å². The van der Waals surface area contributed by atoms with Crippen molar-refractivity contribution in [3.8, 4) is 0 Å². The molecule has 2 rings (SSSR count). The van der Waals surface area contributed by atoms with Crippen molar-refractivity contribution < 1.29 is 9.21 Å². The Morgan fingerprint density at radius 1 is 1.47 bits per heavy atom. The lowest BCUT2D eigenvalue weighted by molar-refractivity contribution is -0.126. The van der Waals surface area contributed by atoms with E-state index in [1.165, 1.54) is 0 Å². The van der Waals surface area contributed by atoms with Crippen LogP contribution < -0.4 is 11.1 Å². The summed E-state index contributed by atoms with van der Waals surface area (Å²) >= 11 is 0. The second-order valence-electron chi connectivity index (χ2n) is 4.86.